The molecule has 1 fully saturated rings. The average molecular weight is 308 g/mol. The van der Waals surface area contributed by atoms with E-state index in [4.69, 9.17) is 9.47 Å². The summed E-state index contributed by atoms with van der Waals surface area (Å²) in [5.41, 5.74) is -0.0119. The van der Waals surface area contributed by atoms with Crippen LogP contribution < -0.4 is 4.74 Å². The van der Waals surface area contributed by atoms with Crippen molar-refractivity contribution in [1.29, 1.82) is 0 Å². The molecule has 1 aliphatic rings. The number of carbonyl (C=O) groups excluding carboxylic acids is 1. The number of carbonyl (C=O) groups is 1. The first-order valence-electron chi connectivity index (χ1n) is 7.22. The third-order valence-electron chi connectivity index (χ3n) is 3.44. The van der Waals surface area contributed by atoms with Gasteiger partial charge in [-0.3, -0.25) is 14.9 Å². The highest BCUT2D eigenvalue weighted by molar-refractivity contribution is 5.81. The fourth-order valence-corrected chi connectivity index (χ4v) is 2.52. The maximum atomic E-state index is 12.4. The molecular weight excluding hydrogens is 288 g/mol. The van der Waals surface area contributed by atoms with Crippen molar-refractivity contribution in [3.63, 3.8) is 0 Å². The van der Waals surface area contributed by atoms with Gasteiger partial charge in [-0.25, -0.2) is 0 Å². The second-order valence-corrected chi connectivity index (χ2v) is 5.51. The number of nitro groups is 1. The van der Waals surface area contributed by atoms with Crippen LogP contribution in [0.4, 0.5) is 5.69 Å². The van der Waals surface area contributed by atoms with Gasteiger partial charge in [-0.2, -0.15) is 0 Å². The van der Waals surface area contributed by atoms with Crippen molar-refractivity contribution in [2.24, 2.45) is 0 Å². The van der Waals surface area contributed by atoms with Gasteiger partial charge in [0.1, 0.15) is 5.75 Å². The number of hydrogen-bond acceptors (Lipinski definition) is 5. The summed E-state index contributed by atoms with van der Waals surface area (Å²) >= 11 is 0. The lowest BCUT2D eigenvalue weighted by atomic mass is 10.2. The quantitative estimate of drug-likeness (QED) is 0.627. The number of ether oxygens (including phenoxy) is 2. The summed E-state index contributed by atoms with van der Waals surface area (Å²) in [6, 6.07) is 5.69. The van der Waals surface area contributed by atoms with Crippen LogP contribution in [0.15, 0.2) is 24.3 Å². The highest BCUT2D eigenvalue weighted by atomic mass is 16.6. The van der Waals surface area contributed by atoms with Gasteiger partial charge in [0.2, 0.25) is 0 Å². The van der Waals surface area contributed by atoms with Crippen LogP contribution in [-0.2, 0) is 9.53 Å². The Kier molecular flexibility index (Phi) is 4.97. The molecule has 0 saturated carbocycles. The van der Waals surface area contributed by atoms with Gasteiger partial charge in [0.15, 0.2) is 6.10 Å². The van der Waals surface area contributed by atoms with Crippen molar-refractivity contribution < 1.29 is 19.2 Å². The summed E-state index contributed by atoms with van der Waals surface area (Å²) in [4.78, 5) is 24.3. The van der Waals surface area contributed by atoms with Crippen molar-refractivity contribution in [2.75, 3.05) is 13.1 Å². The predicted octanol–water partition coefficient (Wildman–Crippen LogP) is 2.00. The van der Waals surface area contributed by atoms with E-state index in [0.29, 0.717) is 18.8 Å². The van der Waals surface area contributed by atoms with Gasteiger partial charge < -0.3 is 14.4 Å². The topological polar surface area (TPSA) is 81.9 Å². The maximum Gasteiger partial charge on any atom is 0.269 e. The molecule has 1 heterocycles. The monoisotopic (exact) mass is 308 g/mol. The van der Waals surface area contributed by atoms with Gasteiger partial charge >= 0.3 is 0 Å². The third-order valence-corrected chi connectivity index (χ3v) is 3.44. The minimum Gasteiger partial charge on any atom is -0.481 e. The van der Waals surface area contributed by atoms with Gasteiger partial charge in [-0.05, 0) is 32.9 Å². The first kappa shape index (κ1) is 16.2. The zero-order valence-corrected chi connectivity index (χ0v) is 12.9. The van der Waals surface area contributed by atoms with E-state index < -0.39 is 11.0 Å². The van der Waals surface area contributed by atoms with Crippen LogP contribution in [0, 0.1) is 10.1 Å². The van der Waals surface area contributed by atoms with Crippen molar-refractivity contribution >= 4 is 11.6 Å². The lowest BCUT2D eigenvalue weighted by molar-refractivity contribution is -0.384. The summed E-state index contributed by atoms with van der Waals surface area (Å²) in [5.74, 6) is 0.321. The van der Waals surface area contributed by atoms with E-state index >= 15 is 0 Å². The van der Waals surface area contributed by atoms with E-state index in [9.17, 15) is 14.9 Å². The molecule has 1 aliphatic heterocycles. The summed E-state index contributed by atoms with van der Waals surface area (Å²) in [6.07, 6.45) is -0.655. The molecule has 7 nitrogen and oxygen atoms in total. The molecule has 3 unspecified atom stereocenters. The molecule has 1 saturated heterocycles. The molecule has 22 heavy (non-hydrogen) atoms. The highest BCUT2D eigenvalue weighted by Crippen LogP contribution is 2.19. The molecule has 0 bridgehead atoms. The SMILES string of the molecule is CC1CN(C(=O)C(C)Oc2ccc([N+](=O)[O-])cc2)CC(C)O1. The number of hydrogen-bond donors (Lipinski definition) is 0. The number of benzene rings is 1. The number of amides is 1. The fraction of sp³-hybridized carbons (Fsp3) is 0.533. The van der Waals surface area contributed by atoms with E-state index in [2.05, 4.69) is 0 Å². The smallest absolute Gasteiger partial charge is 0.269 e. The number of rotatable bonds is 4. The molecule has 0 spiro atoms. The van der Waals surface area contributed by atoms with Crippen molar-refractivity contribution in [1.82, 2.24) is 4.90 Å². The molecule has 7 heteroatoms. The minimum absolute atomic E-state index is 0.000671. The normalized spacial score (nSPS) is 23.0. The maximum absolute atomic E-state index is 12.4. The fourth-order valence-electron chi connectivity index (χ4n) is 2.52. The number of nitrogens with zero attached hydrogens (tertiary/aromatic N) is 2. The van der Waals surface area contributed by atoms with Gasteiger partial charge in [0, 0.05) is 25.2 Å². The molecular formula is C15H20N2O5. The molecule has 3 atom stereocenters. The van der Waals surface area contributed by atoms with Gasteiger partial charge in [-0.1, -0.05) is 0 Å². The van der Waals surface area contributed by atoms with Gasteiger partial charge in [0.25, 0.3) is 11.6 Å². The molecule has 120 valence electrons. The first-order chi connectivity index (χ1) is 10.4. The standard InChI is InChI=1S/C15H20N2O5/c1-10-8-16(9-11(2)21-10)15(18)12(3)22-14-6-4-13(5-7-14)17(19)20/h4-7,10-12H,8-9H2,1-3H3. The molecule has 0 aliphatic carbocycles. The van der Waals surface area contributed by atoms with E-state index in [1.54, 1.807) is 11.8 Å². The van der Waals surface area contributed by atoms with E-state index in [1.807, 2.05) is 13.8 Å². The summed E-state index contributed by atoms with van der Waals surface area (Å²) < 4.78 is 11.2. The Morgan fingerprint density at radius 3 is 2.36 bits per heavy atom. The van der Waals surface area contributed by atoms with Crippen molar-refractivity contribution in [2.45, 2.75) is 39.1 Å². The van der Waals surface area contributed by atoms with Gasteiger partial charge in [-0.15, -0.1) is 0 Å². The Morgan fingerprint density at radius 1 is 1.32 bits per heavy atom. The molecule has 2 rings (SSSR count). The number of morpholine rings is 1. The molecule has 0 aromatic heterocycles. The molecule has 0 N–H and O–H groups in total. The second-order valence-electron chi connectivity index (χ2n) is 5.51. The lowest BCUT2D eigenvalue weighted by Crippen LogP contribution is -2.51. The third kappa shape index (κ3) is 3.94. The largest absolute Gasteiger partial charge is 0.481 e. The Balaban J connectivity index is 1.97. The van der Waals surface area contributed by atoms with Gasteiger partial charge in [0.05, 0.1) is 17.1 Å². The Hall–Kier alpha value is -2.15. The molecule has 1 amide bonds. The van der Waals surface area contributed by atoms with Crippen LogP contribution >= 0.6 is 0 Å². The molecule has 1 aromatic rings. The summed E-state index contributed by atoms with van der Waals surface area (Å²) in [7, 11) is 0. The van der Waals surface area contributed by atoms with E-state index in [-0.39, 0.29) is 23.8 Å². The Labute approximate surface area is 129 Å². The van der Waals surface area contributed by atoms with Crippen LogP contribution in [0.1, 0.15) is 20.8 Å². The zero-order chi connectivity index (χ0) is 16.3. The van der Waals surface area contributed by atoms with Crippen LogP contribution in [-0.4, -0.2) is 47.1 Å². The average Bonchev–Trinajstić information content (AvgIpc) is 2.46. The lowest BCUT2D eigenvalue weighted by Gasteiger charge is -2.36. The van der Waals surface area contributed by atoms with Crippen LogP contribution in [0.5, 0.6) is 5.75 Å². The zero-order valence-electron chi connectivity index (χ0n) is 12.9. The number of non-ortho nitro benzene ring substituents is 1. The Bertz CT molecular complexity index is 535. The summed E-state index contributed by atoms with van der Waals surface area (Å²) in [6.45, 7) is 6.61. The van der Waals surface area contributed by atoms with E-state index in [1.165, 1.54) is 24.3 Å². The van der Waals surface area contributed by atoms with Crippen molar-refractivity contribution in [3.8, 4) is 5.75 Å². The molecule has 1 aromatic carbocycles. The van der Waals surface area contributed by atoms with Crippen molar-refractivity contribution in [3.05, 3.63) is 34.4 Å². The number of nitro benzene ring substituents is 1. The summed E-state index contributed by atoms with van der Waals surface area (Å²) in [5, 5.41) is 10.6. The van der Waals surface area contributed by atoms with Crippen LogP contribution in [0.3, 0.4) is 0 Å². The van der Waals surface area contributed by atoms with E-state index in [0.717, 1.165) is 0 Å². The first-order valence-corrected chi connectivity index (χ1v) is 7.22. The Morgan fingerprint density at radius 2 is 1.86 bits per heavy atom. The predicted molar refractivity (Wildman–Crippen MR) is 79.8 cm³/mol. The molecule has 0 radical (unpaired) electrons. The highest BCUT2D eigenvalue weighted by Gasteiger charge is 2.29. The second kappa shape index (κ2) is 6.74. The van der Waals surface area contributed by atoms with Crippen LogP contribution in [0.25, 0.3) is 0 Å². The van der Waals surface area contributed by atoms with Crippen LogP contribution in [0.2, 0.25) is 0 Å². The minimum atomic E-state index is -0.654.